The highest BCUT2D eigenvalue weighted by molar-refractivity contribution is 5.83. The van der Waals surface area contributed by atoms with Crippen LogP contribution >= 0.6 is 0 Å². The first-order valence-corrected chi connectivity index (χ1v) is 9.04. The van der Waals surface area contributed by atoms with Gasteiger partial charge in [0.1, 0.15) is 5.58 Å². The lowest BCUT2D eigenvalue weighted by Crippen LogP contribution is -2.36. The minimum absolute atomic E-state index is 0.0469. The van der Waals surface area contributed by atoms with E-state index in [4.69, 9.17) is 9.15 Å². The molecule has 1 N–H and O–H groups in total. The summed E-state index contributed by atoms with van der Waals surface area (Å²) in [5.74, 6) is 0.110. The summed E-state index contributed by atoms with van der Waals surface area (Å²) in [7, 11) is 0. The molecule has 5 heteroatoms. The molecule has 3 rings (SSSR count). The average molecular weight is 365 g/mol. The van der Waals surface area contributed by atoms with Crippen molar-refractivity contribution in [3.05, 3.63) is 64.3 Å². The Morgan fingerprint density at radius 2 is 1.85 bits per heavy atom. The molecule has 0 fully saturated rings. The van der Waals surface area contributed by atoms with Crippen molar-refractivity contribution in [3.63, 3.8) is 0 Å². The average Bonchev–Trinajstić information content (AvgIpc) is 2.67. The van der Waals surface area contributed by atoms with E-state index < -0.39 is 0 Å². The van der Waals surface area contributed by atoms with Gasteiger partial charge in [0.2, 0.25) is 11.2 Å². The van der Waals surface area contributed by atoms with Gasteiger partial charge in [0, 0.05) is 11.6 Å². The Hall–Kier alpha value is -3.08. The number of rotatable bonds is 6. The molecule has 0 saturated heterocycles. The third-order valence-electron chi connectivity index (χ3n) is 4.44. The Labute approximate surface area is 158 Å². The molecule has 0 bridgehead atoms. The summed E-state index contributed by atoms with van der Waals surface area (Å²) in [5, 5.41) is 3.25. The summed E-state index contributed by atoms with van der Waals surface area (Å²) in [6, 6.07) is 14.7. The van der Waals surface area contributed by atoms with Crippen LogP contribution < -0.4 is 15.5 Å². The Bertz CT molecular complexity index is 1000. The molecule has 0 unspecified atom stereocenters. The number of hydrogen-bond donors (Lipinski definition) is 1. The zero-order chi connectivity index (χ0) is 19.4. The zero-order valence-electron chi connectivity index (χ0n) is 15.7. The van der Waals surface area contributed by atoms with Gasteiger partial charge in [0.05, 0.1) is 5.39 Å². The maximum Gasteiger partial charge on any atom is 0.258 e. The quantitative estimate of drug-likeness (QED) is 0.715. The van der Waals surface area contributed by atoms with Crippen molar-refractivity contribution in [2.75, 3.05) is 6.61 Å². The number of aryl methyl sites for hydroxylation is 1. The van der Waals surface area contributed by atoms with Crippen molar-refractivity contribution >= 4 is 16.9 Å². The van der Waals surface area contributed by atoms with Gasteiger partial charge in [-0.25, -0.2) is 0 Å². The fourth-order valence-electron chi connectivity index (χ4n) is 2.71. The molecule has 1 heterocycles. The highest BCUT2D eigenvalue weighted by Crippen LogP contribution is 2.31. The summed E-state index contributed by atoms with van der Waals surface area (Å²) in [6.07, 6.45) is 0.818. The molecule has 0 aliphatic heterocycles. The standard InChI is InChI=1S/C22H23NO4/c1-4-15(3)23-19(24)13-26-22-20(25)17-7-5-6-8-18(17)27-21(22)16-11-9-14(2)10-12-16/h5-12,15H,4,13H2,1-3H3,(H,23,24)/t15-/m1/s1. The minimum Gasteiger partial charge on any atom is -0.476 e. The molecule has 0 radical (unpaired) electrons. The van der Waals surface area contributed by atoms with E-state index in [2.05, 4.69) is 5.32 Å². The Morgan fingerprint density at radius 1 is 1.15 bits per heavy atom. The van der Waals surface area contributed by atoms with E-state index in [0.29, 0.717) is 16.7 Å². The number of ether oxygens (including phenoxy) is 1. The fraction of sp³-hybridized carbons (Fsp3) is 0.273. The molecular weight excluding hydrogens is 342 g/mol. The van der Waals surface area contributed by atoms with Crippen molar-refractivity contribution in [1.82, 2.24) is 5.32 Å². The molecule has 1 aromatic heterocycles. The molecule has 27 heavy (non-hydrogen) atoms. The minimum atomic E-state index is -0.288. The highest BCUT2D eigenvalue weighted by Gasteiger charge is 2.19. The third kappa shape index (κ3) is 4.19. The van der Waals surface area contributed by atoms with Crippen LogP contribution in [0.5, 0.6) is 5.75 Å². The zero-order valence-corrected chi connectivity index (χ0v) is 15.7. The first kappa shape index (κ1) is 18.7. The van der Waals surface area contributed by atoms with E-state index in [9.17, 15) is 9.59 Å². The van der Waals surface area contributed by atoms with Gasteiger partial charge < -0.3 is 14.5 Å². The number of fused-ring (bicyclic) bond motifs is 1. The van der Waals surface area contributed by atoms with Crippen LogP contribution in [0.4, 0.5) is 0 Å². The lowest BCUT2D eigenvalue weighted by Gasteiger charge is -2.14. The first-order chi connectivity index (χ1) is 13.0. The second-order valence-electron chi connectivity index (χ2n) is 6.62. The number of nitrogens with one attached hydrogen (secondary N) is 1. The van der Waals surface area contributed by atoms with E-state index in [1.807, 2.05) is 51.1 Å². The highest BCUT2D eigenvalue weighted by atomic mass is 16.5. The van der Waals surface area contributed by atoms with Gasteiger partial charge in [-0.3, -0.25) is 9.59 Å². The summed E-state index contributed by atoms with van der Waals surface area (Å²) < 4.78 is 11.6. The molecule has 1 amide bonds. The lowest BCUT2D eigenvalue weighted by atomic mass is 10.1. The molecule has 5 nitrogen and oxygen atoms in total. The summed E-state index contributed by atoms with van der Waals surface area (Å²) in [5.41, 5.74) is 2.01. The van der Waals surface area contributed by atoms with Crippen molar-refractivity contribution < 1.29 is 13.9 Å². The molecular formula is C22H23NO4. The second-order valence-corrected chi connectivity index (χ2v) is 6.62. The first-order valence-electron chi connectivity index (χ1n) is 9.04. The number of para-hydroxylation sites is 1. The second kappa shape index (κ2) is 8.08. The largest absolute Gasteiger partial charge is 0.476 e. The summed E-state index contributed by atoms with van der Waals surface area (Å²) in [4.78, 5) is 25.0. The van der Waals surface area contributed by atoms with E-state index in [-0.39, 0.29) is 29.7 Å². The van der Waals surface area contributed by atoms with Gasteiger partial charge in [0.25, 0.3) is 5.91 Å². The summed E-state index contributed by atoms with van der Waals surface area (Å²) in [6.45, 7) is 5.64. The van der Waals surface area contributed by atoms with Crippen molar-refractivity contribution in [2.45, 2.75) is 33.2 Å². The van der Waals surface area contributed by atoms with Crippen LogP contribution in [0.25, 0.3) is 22.3 Å². The van der Waals surface area contributed by atoms with Crippen molar-refractivity contribution in [1.29, 1.82) is 0 Å². The van der Waals surface area contributed by atoms with E-state index >= 15 is 0 Å². The van der Waals surface area contributed by atoms with Gasteiger partial charge in [-0.1, -0.05) is 48.9 Å². The van der Waals surface area contributed by atoms with Crippen LogP contribution in [0.3, 0.4) is 0 Å². The Balaban J connectivity index is 2.02. The molecule has 0 spiro atoms. The van der Waals surface area contributed by atoms with Gasteiger partial charge in [-0.2, -0.15) is 0 Å². The predicted molar refractivity (Wildman–Crippen MR) is 106 cm³/mol. The van der Waals surface area contributed by atoms with Crippen LogP contribution in [0.1, 0.15) is 25.8 Å². The molecule has 2 aromatic carbocycles. The number of carbonyl (C=O) groups is 1. The van der Waals surface area contributed by atoms with E-state index in [1.165, 1.54) is 0 Å². The molecule has 3 aromatic rings. The van der Waals surface area contributed by atoms with Crippen molar-refractivity contribution in [2.24, 2.45) is 0 Å². The van der Waals surface area contributed by atoms with Crippen LogP contribution in [-0.2, 0) is 4.79 Å². The van der Waals surface area contributed by atoms with Crippen LogP contribution in [-0.4, -0.2) is 18.6 Å². The van der Waals surface area contributed by atoms with Gasteiger partial charge in [0.15, 0.2) is 12.4 Å². The van der Waals surface area contributed by atoms with E-state index in [1.54, 1.807) is 18.2 Å². The van der Waals surface area contributed by atoms with Gasteiger partial charge >= 0.3 is 0 Å². The van der Waals surface area contributed by atoms with Crippen LogP contribution in [0.2, 0.25) is 0 Å². The van der Waals surface area contributed by atoms with Gasteiger partial charge in [-0.15, -0.1) is 0 Å². The Morgan fingerprint density at radius 3 is 2.56 bits per heavy atom. The van der Waals surface area contributed by atoms with Crippen LogP contribution in [0.15, 0.2) is 57.7 Å². The molecule has 140 valence electrons. The maximum atomic E-state index is 13.0. The Kier molecular flexibility index (Phi) is 5.60. The van der Waals surface area contributed by atoms with Crippen LogP contribution in [0, 0.1) is 6.92 Å². The SMILES string of the molecule is CC[C@@H](C)NC(=O)COc1c(-c2ccc(C)cc2)oc2ccccc2c1=O. The number of hydrogen-bond acceptors (Lipinski definition) is 4. The normalized spacial score (nSPS) is 12.0. The third-order valence-corrected chi connectivity index (χ3v) is 4.44. The number of amides is 1. The number of benzene rings is 2. The maximum absolute atomic E-state index is 13.0. The molecule has 1 atom stereocenters. The molecule has 0 aliphatic carbocycles. The molecule has 0 aliphatic rings. The van der Waals surface area contributed by atoms with Gasteiger partial charge in [-0.05, 0) is 32.4 Å². The summed E-state index contributed by atoms with van der Waals surface area (Å²) >= 11 is 0. The molecule has 0 saturated carbocycles. The fourth-order valence-corrected chi connectivity index (χ4v) is 2.71. The lowest BCUT2D eigenvalue weighted by molar-refractivity contribution is -0.123. The van der Waals surface area contributed by atoms with Crippen molar-refractivity contribution in [3.8, 4) is 17.1 Å². The van der Waals surface area contributed by atoms with E-state index in [0.717, 1.165) is 17.5 Å². The predicted octanol–water partition coefficient (Wildman–Crippen LogP) is 4.06. The monoisotopic (exact) mass is 365 g/mol. The number of carbonyl (C=O) groups excluding carboxylic acids is 1. The topological polar surface area (TPSA) is 68.5 Å². The smallest absolute Gasteiger partial charge is 0.258 e.